The molecule has 0 bridgehead atoms. The number of para-hydroxylation sites is 1. The average Bonchev–Trinajstić information content (AvgIpc) is 3.36. The fourth-order valence-electron chi connectivity index (χ4n) is 4.75. The molecule has 0 amide bonds. The standard InChI is InChI=1S/C33H33N3O4/c1-22(2)30(33(38)40-21-24-13-7-4-8-14-24)34-18-17-28-31-26(25-15-9-10-16-27(25)36-31)19-29(35-28)32(37)39-20-23-11-5-3-6-12-23/h3-16,19,22,30,34,36H,17-18,20-21H2,1-2H3/t30-/m0/s1. The summed E-state index contributed by atoms with van der Waals surface area (Å²) in [5, 5.41) is 5.27. The molecule has 0 saturated heterocycles. The van der Waals surface area contributed by atoms with Crippen molar-refractivity contribution in [2.75, 3.05) is 6.54 Å². The van der Waals surface area contributed by atoms with Crippen LogP contribution in [0.15, 0.2) is 91.0 Å². The Balaban J connectivity index is 1.33. The summed E-state index contributed by atoms with van der Waals surface area (Å²) in [6, 6.07) is 28.5. The molecule has 0 saturated carbocycles. The number of benzene rings is 3. The minimum atomic E-state index is -0.477. The van der Waals surface area contributed by atoms with Gasteiger partial charge in [0.1, 0.15) is 24.9 Å². The number of H-pyrrole nitrogens is 1. The molecule has 0 fully saturated rings. The Bertz CT molecular complexity index is 1600. The number of ether oxygens (including phenoxy) is 2. The minimum Gasteiger partial charge on any atom is -0.460 e. The van der Waals surface area contributed by atoms with Crippen molar-refractivity contribution < 1.29 is 19.1 Å². The summed E-state index contributed by atoms with van der Waals surface area (Å²) in [6.07, 6.45) is 0.498. The van der Waals surface area contributed by atoms with Crippen LogP contribution < -0.4 is 5.32 Å². The van der Waals surface area contributed by atoms with Gasteiger partial charge in [0.25, 0.3) is 0 Å². The highest BCUT2D eigenvalue weighted by Gasteiger charge is 2.24. The van der Waals surface area contributed by atoms with E-state index in [-0.39, 0.29) is 30.8 Å². The van der Waals surface area contributed by atoms with Crippen molar-refractivity contribution in [3.63, 3.8) is 0 Å². The van der Waals surface area contributed by atoms with E-state index in [0.717, 1.165) is 38.6 Å². The first-order valence-corrected chi connectivity index (χ1v) is 13.5. The summed E-state index contributed by atoms with van der Waals surface area (Å²) < 4.78 is 11.2. The lowest BCUT2D eigenvalue weighted by atomic mass is 10.0. The van der Waals surface area contributed by atoms with Crippen molar-refractivity contribution in [3.05, 3.63) is 114 Å². The van der Waals surface area contributed by atoms with Crippen LogP contribution in [0.25, 0.3) is 21.8 Å². The van der Waals surface area contributed by atoms with Crippen LogP contribution in [-0.2, 0) is 33.9 Å². The highest BCUT2D eigenvalue weighted by atomic mass is 16.5. The third kappa shape index (κ3) is 6.38. The Morgan fingerprint density at radius 2 is 1.45 bits per heavy atom. The number of rotatable bonds is 11. The summed E-state index contributed by atoms with van der Waals surface area (Å²) in [5.41, 5.74) is 4.68. The quantitative estimate of drug-likeness (QED) is 0.202. The van der Waals surface area contributed by atoms with Gasteiger partial charge in [0.2, 0.25) is 0 Å². The molecular weight excluding hydrogens is 502 g/mol. The lowest BCUT2D eigenvalue weighted by Gasteiger charge is -2.21. The largest absolute Gasteiger partial charge is 0.460 e. The van der Waals surface area contributed by atoms with E-state index in [1.807, 2.05) is 98.8 Å². The van der Waals surface area contributed by atoms with Crippen LogP contribution >= 0.6 is 0 Å². The molecule has 1 atom stereocenters. The summed E-state index contributed by atoms with van der Waals surface area (Å²) in [6.45, 7) is 4.85. The number of aromatic amines is 1. The number of aromatic nitrogens is 2. The first kappa shape index (κ1) is 27.1. The Hall–Kier alpha value is -4.49. The molecule has 0 unspecified atom stereocenters. The van der Waals surface area contributed by atoms with Crippen LogP contribution in [0.3, 0.4) is 0 Å². The third-order valence-corrected chi connectivity index (χ3v) is 6.86. The number of carbonyl (C=O) groups excluding carboxylic acids is 2. The molecule has 5 rings (SSSR count). The molecule has 2 aromatic heterocycles. The fraction of sp³-hybridized carbons (Fsp3) is 0.242. The molecule has 7 heteroatoms. The van der Waals surface area contributed by atoms with Gasteiger partial charge in [-0.2, -0.15) is 0 Å². The number of nitrogens with zero attached hydrogens (tertiary/aromatic N) is 1. The van der Waals surface area contributed by atoms with E-state index in [1.165, 1.54) is 0 Å². The molecule has 0 aliphatic rings. The van der Waals surface area contributed by atoms with E-state index in [4.69, 9.17) is 14.5 Å². The second-order valence-corrected chi connectivity index (χ2v) is 10.1. The summed E-state index contributed by atoms with van der Waals surface area (Å²) in [5.74, 6) is -0.737. The second-order valence-electron chi connectivity index (χ2n) is 10.1. The normalized spacial score (nSPS) is 12.1. The molecule has 40 heavy (non-hydrogen) atoms. The van der Waals surface area contributed by atoms with Gasteiger partial charge < -0.3 is 19.8 Å². The minimum absolute atomic E-state index is 0.0311. The highest BCUT2D eigenvalue weighted by Crippen LogP contribution is 2.28. The molecule has 0 radical (unpaired) electrons. The van der Waals surface area contributed by atoms with Gasteiger partial charge in [0, 0.05) is 29.3 Å². The van der Waals surface area contributed by atoms with Crippen molar-refractivity contribution >= 4 is 33.7 Å². The maximum absolute atomic E-state index is 13.0. The van der Waals surface area contributed by atoms with E-state index >= 15 is 0 Å². The van der Waals surface area contributed by atoms with Crippen molar-refractivity contribution in [3.8, 4) is 0 Å². The third-order valence-electron chi connectivity index (χ3n) is 6.86. The first-order chi connectivity index (χ1) is 19.5. The summed E-state index contributed by atoms with van der Waals surface area (Å²) >= 11 is 0. The van der Waals surface area contributed by atoms with Crippen LogP contribution in [0.1, 0.15) is 41.2 Å². The van der Waals surface area contributed by atoms with E-state index in [2.05, 4.69) is 10.3 Å². The predicted molar refractivity (Wildman–Crippen MR) is 156 cm³/mol. The van der Waals surface area contributed by atoms with Gasteiger partial charge in [-0.3, -0.25) is 4.79 Å². The Morgan fingerprint density at radius 1 is 0.825 bits per heavy atom. The van der Waals surface area contributed by atoms with Crippen molar-refractivity contribution in [2.24, 2.45) is 5.92 Å². The summed E-state index contributed by atoms with van der Waals surface area (Å²) in [4.78, 5) is 34.1. The Morgan fingerprint density at radius 3 is 2.12 bits per heavy atom. The monoisotopic (exact) mass is 535 g/mol. The van der Waals surface area contributed by atoms with Crippen LogP contribution in [-0.4, -0.2) is 34.5 Å². The lowest BCUT2D eigenvalue weighted by molar-refractivity contribution is -0.148. The molecular formula is C33H33N3O4. The van der Waals surface area contributed by atoms with E-state index < -0.39 is 12.0 Å². The number of hydrogen-bond donors (Lipinski definition) is 2. The maximum atomic E-state index is 13.0. The molecule has 7 nitrogen and oxygen atoms in total. The van der Waals surface area contributed by atoms with Gasteiger partial charge in [-0.25, -0.2) is 9.78 Å². The van der Waals surface area contributed by atoms with Gasteiger partial charge in [0.15, 0.2) is 0 Å². The van der Waals surface area contributed by atoms with E-state index in [0.29, 0.717) is 13.0 Å². The molecule has 2 heterocycles. The maximum Gasteiger partial charge on any atom is 0.357 e. The van der Waals surface area contributed by atoms with Gasteiger partial charge in [-0.05, 0) is 29.2 Å². The molecule has 2 N–H and O–H groups in total. The molecule has 0 aliphatic heterocycles. The predicted octanol–water partition coefficient (Wildman–Crippen LogP) is 5.97. The average molecular weight is 536 g/mol. The van der Waals surface area contributed by atoms with Crippen LogP contribution in [0.2, 0.25) is 0 Å². The Kier molecular flexibility index (Phi) is 8.52. The zero-order valence-corrected chi connectivity index (χ0v) is 22.7. The van der Waals surface area contributed by atoms with Gasteiger partial charge in [-0.1, -0.05) is 92.7 Å². The molecule has 5 aromatic rings. The Labute approximate surface area is 233 Å². The number of carbonyl (C=O) groups is 2. The van der Waals surface area contributed by atoms with Crippen molar-refractivity contribution in [1.82, 2.24) is 15.3 Å². The lowest BCUT2D eigenvalue weighted by Crippen LogP contribution is -2.43. The zero-order valence-electron chi connectivity index (χ0n) is 22.7. The topological polar surface area (TPSA) is 93.3 Å². The number of fused-ring (bicyclic) bond motifs is 3. The van der Waals surface area contributed by atoms with Crippen LogP contribution in [0, 0.1) is 5.92 Å². The first-order valence-electron chi connectivity index (χ1n) is 13.5. The molecule has 204 valence electrons. The zero-order chi connectivity index (χ0) is 27.9. The number of nitrogens with one attached hydrogen (secondary N) is 2. The molecule has 0 spiro atoms. The van der Waals surface area contributed by atoms with E-state index in [9.17, 15) is 9.59 Å². The van der Waals surface area contributed by atoms with Gasteiger partial charge in [-0.15, -0.1) is 0 Å². The second kappa shape index (κ2) is 12.6. The van der Waals surface area contributed by atoms with Crippen molar-refractivity contribution in [2.45, 2.75) is 39.5 Å². The van der Waals surface area contributed by atoms with Gasteiger partial charge >= 0.3 is 11.9 Å². The molecule has 3 aromatic carbocycles. The number of hydrogen-bond acceptors (Lipinski definition) is 6. The van der Waals surface area contributed by atoms with Crippen molar-refractivity contribution in [1.29, 1.82) is 0 Å². The highest BCUT2D eigenvalue weighted by molar-refractivity contribution is 6.09. The number of esters is 2. The van der Waals surface area contributed by atoms with E-state index in [1.54, 1.807) is 6.07 Å². The summed E-state index contributed by atoms with van der Waals surface area (Å²) in [7, 11) is 0. The number of pyridine rings is 1. The van der Waals surface area contributed by atoms with Crippen LogP contribution in [0.5, 0.6) is 0 Å². The smallest absolute Gasteiger partial charge is 0.357 e. The fourth-order valence-corrected chi connectivity index (χ4v) is 4.75. The van der Waals surface area contributed by atoms with Gasteiger partial charge in [0.05, 0.1) is 11.2 Å². The van der Waals surface area contributed by atoms with Crippen LogP contribution in [0.4, 0.5) is 0 Å². The molecule has 0 aliphatic carbocycles. The SMILES string of the molecule is CC(C)[C@H](NCCc1nc(C(=O)OCc2ccccc2)cc2c1[nH]c1ccccc12)C(=O)OCc1ccccc1.